The number of hydrogen-bond acceptors (Lipinski definition) is 3. The van der Waals surface area contributed by atoms with Crippen LogP contribution in [0.25, 0.3) is 0 Å². The predicted molar refractivity (Wildman–Crippen MR) is 116 cm³/mol. The smallest absolute Gasteiger partial charge is 0.242 e. The molecular weight excluding hydrogens is 411 g/mol. The quantitative estimate of drug-likeness (QED) is 0.629. The topological polar surface area (TPSA) is 58.6 Å². The molecular formula is C22H26Cl2N2O3. The van der Waals surface area contributed by atoms with Gasteiger partial charge in [-0.1, -0.05) is 48.3 Å². The maximum atomic E-state index is 13.2. The van der Waals surface area contributed by atoms with Crippen molar-refractivity contribution in [3.8, 4) is 5.75 Å². The lowest BCUT2D eigenvalue weighted by molar-refractivity contribution is -0.140. The Labute approximate surface area is 181 Å². The molecule has 7 heteroatoms. The summed E-state index contributed by atoms with van der Waals surface area (Å²) in [7, 11) is 1.59. The Hall–Kier alpha value is -2.24. The van der Waals surface area contributed by atoms with Crippen molar-refractivity contribution in [3.63, 3.8) is 0 Å². The Kier molecular flexibility index (Phi) is 8.80. The van der Waals surface area contributed by atoms with Gasteiger partial charge in [0.05, 0.1) is 13.5 Å². The van der Waals surface area contributed by atoms with Crippen LogP contribution in [-0.2, 0) is 22.6 Å². The van der Waals surface area contributed by atoms with Crippen molar-refractivity contribution in [2.24, 2.45) is 0 Å². The second-order valence-electron chi connectivity index (χ2n) is 6.57. The second-order valence-corrected chi connectivity index (χ2v) is 7.38. The molecule has 0 heterocycles. The van der Waals surface area contributed by atoms with Crippen LogP contribution >= 0.6 is 23.2 Å². The van der Waals surface area contributed by atoms with E-state index in [0.29, 0.717) is 28.6 Å². The lowest BCUT2D eigenvalue weighted by atomic mass is 10.1. The van der Waals surface area contributed by atoms with E-state index in [9.17, 15) is 9.59 Å². The Morgan fingerprint density at radius 2 is 1.69 bits per heavy atom. The molecule has 0 fully saturated rings. The van der Waals surface area contributed by atoms with Crippen LogP contribution in [0.15, 0.2) is 42.5 Å². The molecule has 0 bridgehead atoms. The van der Waals surface area contributed by atoms with Crippen LogP contribution in [0.4, 0.5) is 0 Å². The highest BCUT2D eigenvalue weighted by atomic mass is 35.5. The van der Waals surface area contributed by atoms with Gasteiger partial charge in [0.25, 0.3) is 0 Å². The van der Waals surface area contributed by atoms with Crippen molar-refractivity contribution in [1.29, 1.82) is 0 Å². The number of hydrogen-bond donors (Lipinski definition) is 1. The zero-order valence-electron chi connectivity index (χ0n) is 16.9. The minimum atomic E-state index is -0.618. The maximum Gasteiger partial charge on any atom is 0.242 e. The average molecular weight is 437 g/mol. The number of methoxy groups -OCH3 is 1. The zero-order valence-corrected chi connectivity index (χ0v) is 18.4. The summed E-state index contributed by atoms with van der Waals surface area (Å²) in [6, 6.07) is 11.9. The molecule has 0 aromatic heterocycles. The van der Waals surface area contributed by atoms with Gasteiger partial charge in [0.1, 0.15) is 11.8 Å². The van der Waals surface area contributed by atoms with Crippen LogP contribution in [0.2, 0.25) is 10.0 Å². The number of halogens is 2. The molecule has 1 atom stereocenters. The van der Waals surface area contributed by atoms with Crippen molar-refractivity contribution in [2.45, 2.75) is 39.3 Å². The van der Waals surface area contributed by atoms with E-state index >= 15 is 0 Å². The van der Waals surface area contributed by atoms with Gasteiger partial charge >= 0.3 is 0 Å². The van der Waals surface area contributed by atoms with Crippen molar-refractivity contribution in [3.05, 3.63) is 63.6 Å². The molecule has 0 radical (unpaired) electrons. The summed E-state index contributed by atoms with van der Waals surface area (Å²) >= 11 is 12.6. The molecule has 1 N–H and O–H groups in total. The first-order valence-corrected chi connectivity index (χ1v) is 10.3. The van der Waals surface area contributed by atoms with Gasteiger partial charge in [0.2, 0.25) is 11.8 Å². The van der Waals surface area contributed by atoms with E-state index in [1.807, 2.05) is 26.0 Å². The Morgan fingerprint density at radius 3 is 2.21 bits per heavy atom. The number of carbonyl (C=O) groups excluding carboxylic acids is 2. The van der Waals surface area contributed by atoms with E-state index in [1.165, 1.54) is 0 Å². The van der Waals surface area contributed by atoms with E-state index in [0.717, 1.165) is 11.3 Å². The average Bonchev–Trinajstić information content (AvgIpc) is 2.70. The van der Waals surface area contributed by atoms with E-state index in [-0.39, 0.29) is 24.8 Å². The first kappa shape index (κ1) is 23.0. The van der Waals surface area contributed by atoms with Crippen molar-refractivity contribution >= 4 is 35.0 Å². The van der Waals surface area contributed by atoms with Gasteiger partial charge in [-0.05, 0) is 43.2 Å². The highest BCUT2D eigenvalue weighted by Crippen LogP contribution is 2.27. The van der Waals surface area contributed by atoms with E-state index in [4.69, 9.17) is 27.9 Å². The molecule has 0 saturated carbocycles. The molecule has 2 aromatic carbocycles. The summed E-state index contributed by atoms with van der Waals surface area (Å²) in [6.07, 6.45) is 0.629. The summed E-state index contributed by atoms with van der Waals surface area (Å²) < 4.78 is 5.16. The highest BCUT2D eigenvalue weighted by Gasteiger charge is 2.29. The third-order valence-electron chi connectivity index (χ3n) is 4.64. The Morgan fingerprint density at radius 1 is 1.07 bits per heavy atom. The fraction of sp³-hybridized carbons (Fsp3) is 0.364. The predicted octanol–water partition coefficient (Wildman–Crippen LogP) is 4.49. The van der Waals surface area contributed by atoms with Crippen molar-refractivity contribution < 1.29 is 14.3 Å². The molecule has 0 unspecified atom stereocenters. The van der Waals surface area contributed by atoms with Gasteiger partial charge in [-0.25, -0.2) is 0 Å². The van der Waals surface area contributed by atoms with Crippen molar-refractivity contribution in [2.75, 3.05) is 13.7 Å². The Balaban J connectivity index is 2.33. The number of likely N-dealkylation sites (N-methyl/N-ethyl adjacent to an activating group) is 1. The molecule has 2 aromatic rings. The third kappa shape index (κ3) is 6.12. The second kappa shape index (κ2) is 11.1. The van der Waals surface area contributed by atoms with E-state index < -0.39 is 6.04 Å². The van der Waals surface area contributed by atoms with Gasteiger partial charge in [-0.15, -0.1) is 0 Å². The van der Waals surface area contributed by atoms with E-state index in [1.54, 1.807) is 42.3 Å². The summed E-state index contributed by atoms with van der Waals surface area (Å²) in [5.41, 5.74) is 1.46. The third-order valence-corrected chi connectivity index (χ3v) is 5.35. The zero-order chi connectivity index (χ0) is 21.4. The number of benzene rings is 2. The molecule has 5 nitrogen and oxygen atoms in total. The van der Waals surface area contributed by atoms with Crippen LogP contribution in [-0.4, -0.2) is 36.4 Å². The molecule has 0 aliphatic heterocycles. The summed E-state index contributed by atoms with van der Waals surface area (Å²) in [6.45, 7) is 4.37. The SMILES string of the molecule is CCNC(=O)[C@@H](CC)N(Cc1c(Cl)cccc1Cl)C(=O)Cc1ccc(OC)cc1. The minimum Gasteiger partial charge on any atom is -0.497 e. The van der Waals surface area contributed by atoms with Gasteiger partial charge in [-0.2, -0.15) is 0 Å². The van der Waals surface area contributed by atoms with Crippen LogP contribution in [0.5, 0.6) is 5.75 Å². The van der Waals surface area contributed by atoms with Crippen molar-refractivity contribution in [1.82, 2.24) is 10.2 Å². The van der Waals surface area contributed by atoms with Crippen LogP contribution in [0, 0.1) is 0 Å². The molecule has 29 heavy (non-hydrogen) atoms. The lowest BCUT2D eigenvalue weighted by Gasteiger charge is -2.31. The van der Waals surface area contributed by atoms with E-state index in [2.05, 4.69) is 5.32 Å². The fourth-order valence-corrected chi connectivity index (χ4v) is 3.60. The van der Waals surface area contributed by atoms with Gasteiger partial charge < -0.3 is 15.0 Å². The maximum absolute atomic E-state index is 13.2. The summed E-state index contributed by atoms with van der Waals surface area (Å²) in [4.78, 5) is 27.4. The van der Waals surface area contributed by atoms with Crippen LogP contribution in [0.1, 0.15) is 31.4 Å². The first-order valence-electron chi connectivity index (χ1n) is 9.54. The molecule has 0 spiro atoms. The first-order chi connectivity index (χ1) is 13.9. The van der Waals surface area contributed by atoms with Gasteiger partial charge in [0, 0.05) is 28.7 Å². The monoisotopic (exact) mass is 436 g/mol. The minimum absolute atomic E-state index is 0.155. The lowest BCUT2D eigenvalue weighted by Crippen LogP contribution is -2.49. The number of nitrogens with zero attached hydrogens (tertiary/aromatic N) is 1. The van der Waals surface area contributed by atoms with Crippen LogP contribution < -0.4 is 10.1 Å². The number of nitrogens with one attached hydrogen (secondary N) is 1. The molecule has 2 rings (SSSR count). The largest absolute Gasteiger partial charge is 0.497 e. The summed E-state index contributed by atoms with van der Waals surface area (Å²) in [5.74, 6) is 0.347. The highest BCUT2D eigenvalue weighted by molar-refractivity contribution is 6.36. The van der Waals surface area contributed by atoms with Gasteiger partial charge in [-0.3, -0.25) is 9.59 Å². The Bertz CT molecular complexity index is 820. The summed E-state index contributed by atoms with van der Waals surface area (Å²) in [5, 5.41) is 3.74. The number of rotatable bonds is 9. The molecule has 0 aliphatic rings. The standard InChI is InChI=1S/C22H26Cl2N2O3/c1-4-20(22(28)25-5-2)26(14-17-18(23)7-6-8-19(17)24)21(27)13-15-9-11-16(29-3)12-10-15/h6-12,20H,4-5,13-14H2,1-3H3,(H,25,28)/t20-/m1/s1. The fourth-order valence-electron chi connectivity index (χ4n) is 3.08. The van der Waals surface area contributed by atoms with Crippen LogP contribution in [0.3, 0.4) is 0 Å². The number of ether oxygens (including phenoxy) is 1. The molecule has 156 valence electrons. The molecule has 0 aliphatic carbocycles. The van der Waals surface area contributed by atoms with Gasteiger partial charge in [0.15, 0.2) is 0 Å². The normalized spacial score (nSPS) is 11.6. The molecule has 2 amide bonds. The molecule has 0 saturated heterocycles. The number of amides is 2. The number of carbonyl (C=O) groups is 2.